The summed E-state index contributed by atoms with van der Waals surface area (Å²) < 4.78 is 69.7. The zero-order valence-electron chi connectivity index (χ0n) is 25.7. The molecule has 6 N–H and O–H groups in total. The number of aromatic nitrogens is 5. The van der Waals surface area contributed by atoms with Gasteiger partial charge in [0, 0.05) is 50.9 Å². The number of anilines is 2. The number of aliphatic hydroxyl groups excluding tert-OH is 1. The molecule has 48 heavy (non-hydrogen) atoms. The molecule has 0 bridgehead atoms. The molecule has 3 aromatic heterocycles. The number of fused-ring (bicyclic) bond motifs is 1. The number of nitrogens with one attached hydrogen (secondary N) is 1. The number of rotatable bonds is 9. The van der Waals surface area contributed by atoms with Gasteiger partial charge in [-0.05, 0) is 30.5 Å². The van der Waals surface area contributed by atoms with Gasteiger partial charge in [-0.25, -0.2) is 37.3 Å². The van der Waals surface area contributed by atoms with Gasteiger partial charge < -0.3 is 45.7 Å². The van der Waals surface area contributed by atoms with Crippen molar-refractivity contribution in [2.75, 3.05) is 56.7 Å². The summed E-state index contributed by atoms with van der Waals surface area (Å²) in [6.07, 6.45) is -0.956. The maximum atomic E-state index is 15.5. The Bertz CT molecular complexity index is 1790. The molecule has 14 nitrogen and oxygen atoms in total. The summed E-state index contributed by atoms with van der Waals surface area (Å²) in [6.45, 7) is 1.90. The Morgan fingerprint density at radius 1 is 1.08 bits per heavy atom. The number of piperidine rings is 1. The van der Waals surface area contributed by atoms with Crippen molar-refractivity contribution < 1.29 is 36.9 Å². The van der Waals surface area contributed by atoms with E-state index in [0.29, 0.717) is 61.6 Å². The Morgan fingerprint density at radius 3 is 2.65 bits per heavy atom. The zero-order chi connectivity index (χ0) is 34.0. The number of imidazole rings is 1. The first kappa shape index (κ1) is 33.1. The molecular formula is C30H34F4N10O4. The Morgan fingerprint density at radius 2 is 1.88 bits per heavy atom. The first-order valence-electron chi connectivity index (χ1n) is 15.2. The van der Waals surface area contributed by atoms with E-state index in [9.17, 15) is 18.7 Å². The molecule has 0 aliphatic carbocycles. The normalized spacial score (nSPS) is 19.1. The number of hydrogen-bond acceptors (Lipinski definition) is 12. The number of hydrogen-bond donors (Lipinski definition) is 4. The van der Waals surface area contributed by atoms with Crippen LogP contribution in [-0.4, -0.2) is 105 Å². The third-order valence-electron chi connectivity index (χ3n) is 8.53. The highest BCUT2D eigenvalue weighted by Crippen LogP contribution is 2.35. The van der Waals surface area contributed by atoms with Crippen molar-refractivity contribution in [3.63, 3.8) is 0 Å². The van der Waals surface area contributed by atoms with Gasteiger partial charge in [-0.1, -0.05) is 0 Å². The van der Waals surface area contributed by atoms with Gasteiger partial charge in [-0.2, -0.15) is 0 Å². The van der Waals surface area contributed by atoms with Gasteiger partial charge in [-0.3, -0.25) is 4.98 Å². The van der Waals surface area contributed by atoms with Gasteiger partial charge in [0.2, 0.25) is 6.79 Å². The van der Waals surface area contributed by atoms with E-state index in [0.717, 1.165) is 12.1 Å². The fraction of sp³-hybridized carbons (Fsp3) is 0.433. The minimum atomic E-state index is -3.04. The number of halogens is 4. The maximum absolute atomic E-state index is 15.5. The van der Waals surface area contributed by atoms with Crippen molar-refractivity contribution in [2.24, 2.45) is 5.73 Å². The molecule has 1 amide bonds. The number of piperazine rings is 1. The van der Waals surface area contributed by atoms with Crippen LogP contribution in [-0.2, 0) is 11.3 Å². The van der Waals surface area contributed by atoms with E-state index in [4.69, 9.17) is 20.9 Å². The molecule has 2 saturated heterocycles. The molecular weight excluding hydrogens is 640 g/mol. The van der Waals surface area contributed by atoms with Crippen molar-refractivity contribution in [3.8, 4) is 17.0 Å². The summed E-state index contributed by atoms with van der Waals surface area (Å²) in [5.41, 5.74) is 12.3. The first-order valence-corrected chi connectivity index (χ1v) is 15.2. The number of aliphatic hydroxyl groups is 1. The number of carbonyl (C=O) groups is 1. The van der Waals surface area contributed by atoms with Crippen LogP contribution in [0.5, 0.6) is 5.75 Å². The average molecular weight is 675 g/mol. The van der Waals surface area contributed by atoms with Crippen LogP contribution in [0.3, 0.4) is 0 Å². The second-order valence-corrected chi connectivity index (χ2v) is 11.7. The summed E-state index contributed by atoms with van der Waals surface area (Å²) in [5.74, 6) is -2.08. The average Bonchev–Trinajstić information content (AvgIpc) is 3.49. The monoisotopic (exact) mass is 674 g/mol. The lowest BCUT2D eigenvalue weighted by molar-refractivity contribution is -0.0529. The molecule has 2 aliphatic rings. The van der Waals surface area contributed by atoms with Gasteiger partial charge in [-0.15, -0.1) is 0 Å². The summed E-state index contributed by atoms with van der Waals surface area (Å²) in [5, 5.41) is 13.3. The maximum Gasteiger partial charge on any atom is 0.412 e. The predicted octanol–water partition coefficient (Wildman–Crippen LogP) is 2.10. The molecule has 0 spiro atoms. The number of nitrogen functional groups attached to an aromatic ring is 1. The van der Waals surface area contributed by atoms with E-state index in [1.165, 1.54) is 29.8 Å². The molecule has 2 fully saturated rings. The van der Waals surface area contributed by atoms with Gasteiger partial charge in [0.15, 0.2) is 23.0 Å². The third kappa shape index (κ3) is 6.76. The Hall–Kier alpha value is -4.81. The van der Waals surface area contributed by atoms with Crippen molar-refractivity contribution in [3.05, 3.63) is 54.2 Å². The lowest BCUT2D eigenvalue weighted by atomic mass is 9.84. The van der Waals surface area contributed by atoms with E-state index >= 15 is 8.78 Å². The third-order valence-corrected chi connectivity index (χ3v) is 8.53. The minimum Gasteiger partial charge on any atom is -0.454 e. The van der Waals surface area contributed by atoms with E-state index < -0.39 is 48.3 Å². The molecule has 1 aromatic carbocycles. The topological polar surface area (TPSA) is 183 Å². The highest BCUT2D eigenvalue weighted by atomic mass is 19.3. The molecule has 6 rings (SSSR count). The standard InChI is InChI=1S/C30H34F4N10O4/c31-19-10-23(47-16-48-29(46)42-6-3-37-4-7-42)20(32)9-18(19)21-8-17(12-44-15-41-24-27(35)39-14-40-28(24)44)22(11-38-21)43-5-1-2-30(36,13-43)25(45)26(33)34/h8-11,14-15,25-26,37,45H,1-7,12-13,16,36H2,(H2,35,39,40)/t25-,30-/m1/s1. The molecule has 4 aromatic rings. The van der Waals surface area contributed by atoms with Gasteiger partial charge in [0.25, 0.3) is 6.43 Å². The van der Waals surface area contributed by atoms with E-state index in [1.807, 2.05) is 0 Å². The van der Waals surface area contributed by atoms with Crippen molar-refractivity contribution in [1.29, 1.82) is 0 Å². The van der Waals surface area contributed by atoms with E-state index in [-0.39, 0.29) is 36.6 Å². The molecule has 0 saturated carbocycles. The van der Waals surface area contributed by atoms with Gasteiger partial charge >= 0.3 is 6.09 Å². The van der Waals surface area contributed by atoms with Crippen LogP contribution in [0.15, 0.2) is 37.1 Å². The molecule has 2 aliphatic heterocycles. The minimum absolute atomic E-state index is 0.0593. The van der Waals surface area contributed by atoms with Crippen LogP contribution in [0.4, 0.5) is 33.9 Å². The van der Waals surface area contributed by atoms with Crippen molar-refractivity contribution in [1.82, 2.24) is 34.7 Å². The molecule has 5 heterocycles. The first-order chi connectivity index (χ1) is 23.0. The second kappa shape index (κ2) is 13.7. The quantitative estimate of drug-likeness (QED) is 0.150. The highest BCUT2D eigenvalue weighted by Gasteiger charge is 2.43. The fourth-order valence-electron chi connectivity index (χ4n) is 5.97. The number of amides is 1. The van der Waals surface area contributed by atoms with Crippen LogP contribution in [0.1, 0.15) is 18.4 Å². The summed E-state index contributed by atoms with van der Waals surface area (Å²) in [4.78, 5) is 32.3. The number of nitrogens with two attached hydrogens (primary N) is 2. The lowest BCUT2D eigenvalue weighted by Gasteiger charge is -2.44. The van der Waals surface area contributed by atoms with Crippen molar-refractivity contribution in [2.45, 2.75) is 37.5 Å². The summed E-state index contributed by atoms with van der Waals surface area (Å²) >= 11 is 0. The van der Waals surface area contributed by atoms with Gasteiger partial charge in [0.05, 0.1) is 36.0 Å². The van der Waals surface area contributed by atoms with Crippen LogP contribution in [0, 0.1) is 11.6 Å². The predicted molar refractivity (Wildman–Crippen MR) is 165 cm³/mol. The lowest BCUT2D eigenvalue weighted by Crippen LogP contribution is -2.63. The highest BCUT2D eigenvalue weighted by molar-refractivity contribution is 5.81. The van der Waals surface area contributed by atoms with Crippen LogP contribution in [0.25, 0.3) is 22.4 Å². The number of ether oxygens (including phenoxy) is 2. The Labute approximate surface area is 271 Å². The number of pyridine rings is 1. The zero-order valence-corrected chi connectivity index (χ0v) is 25.7. The molecule has 256 valence electrons. The number of benzene rings is 1. The second-order valence-electron chi connectivity index (χ2n) is 11.7. The summed E-state index contributed by atoms with van der Waals surface area (Å²) in [7, 11) is 0. The number of alkyl halides is 2. The molecule has 0 radical (unpaired) electrons. The Balaban J connectivity index is 1.29. The van der Waals surface area contributed by atoms with Crippen LogP contribution < -0.4 is 26.4 Å². The molecule has 0 unspecified atom stereocenters. The smallest absolute Gasteiger partial charge is 0.412 e. The van der Waals surface area contributed by atoms with Crippen LogP contribution in [0.2, 0.25) is 0 Å². The SMILES string of the molecule is Nc1ncnc2c1ncn2Cc1cc(-c2cc(F)c(OCOC(=O)N3CCNCC3)cc2F)ncc1N1CCC[C@](N)([C@H](O)C(F)F)C1. The van der Waals surface area contributed by atoms with E-state index in [2.05, 4.69) is 25.3 Å². The van der Waals surface area contributed by atoms with E-state index in [1.54, 1.807) is 9.47 Å². The molecule has 2 atom stereocenters. The fourth-order valence-corrected chi connectivity index (χ4v) is 5.97. The number of nitrogens with zero attached hydrogens (tertiary/aromatic N) is 7. The van der Waals surface area contributed by atoms with Gasteiger partial charge in [0.1, 0.15) is 23.8 Å². The molecule has 18 heteroatoms. The Kier molecular flexibility index (Phi) is 9.47. The number of carbonyl (C=O) groups excluding carboxylic acids is 1. The van der Waals surface area contributed by atoms with Crippen LogP contribution >= 0.6 is 0 Å². The van der Waals surface area contributed by atoms with Crippen molar-refractivity contribution >= 4 is 28.8 Å². The largest absolute Gasteiger partial charge is 0.454 e. The summed E-state index contributed by atoms with van der Waals surface area (Å²) in [6, 6.07) is 3.29.